The van der Waals surface area contributed by atoms with Crippen molar-refractivity contribution in [1.29, 1.82) is 0 Å². The maximum Gasteiger partial charge on any atom is 0.154 e. The summed E-state index contributed by atoms with van der Waals surface area (Å²) >= 11 is 1.91. The SMILES string of the molecule is CS(=O)(=O)C1(CNC2CSC2)CC1. The fourth-order valence-corrected chi connectivity index (χ4v) is 3.40. The minimum absolute atomic E-state index is 0.396. The summed E-state index contributed by atoms with van der Waals surface area (Å²) in [5, 5.41) is 3.33. The molecular formula is C8H15NO2S2. The van der Waals surface area contributed by atoms with Gasteiger partial charge in [-0.1, -0.05) is 0 Å². The van der Waals surface area contributed by atoms with Crippen molar-refractivity contribution >= 4 is 21.6 Å². The van der Waals surface area contributed by atoms with Crippen LogP contribution in [0.2, 0.25) is 0 Å². The molecule has 2 rings (SSSR count). The van der Waals surface area contributed by atoms with Gasteiger partial charge in [0.1, 0.15) is 0 Å². The quantitative estimate of drug-likeness (QED) is 0.740. The fraction of sp³-hybridized carbons (Fsp3) is 1.00. The molecule has 1 aliphatic carbocycles. The van der Waals surface area contributed by atoms with E-state index in [0.29, 0.717) is 12.6 Å². The molecular weight excluding hydrogens is 206 g/mol. The summed E-state index contributed by atoms with van der Waals surface area (Å²) in [6.07, 6.45) is 3.05. The van der Waals surface area contributed by atoms with Gasteiger partial charge in [-0.05, 0) is 12.8 Å². The van der Waals surface area contributed by atoms with Crippen molar-refractivity contribution in [3.8, 4) is 0 Å². The smallest absolute Gasteiger partial charge is 0.154 e. The monoisotopic (exact) mass is 221 g/mol. The van der Waals surface area contributed by atoms with Gasteiger partial charge in [-0.3, -0.25) is 0 Å². The molecule has 2 fully saturated rings. The van der Waals surface area contributed by atoms with Crippen LogP contribution in [0.15, 0.2) is 0 Å². The van der Waals surface area contributed by atoms with E-state index in [4.69, 9.17) is 0 Å². The van der Waals surface area contributed by atoms with Gasteiger partial charge < -0.3 is 5.32 Å². The first kappa shape index (κ1) is 9.80. The Kier molecular flexibility index (Phi) is 2.37. The molecule has 0 radical (unpaired) electrons. The first-order valence-corrected chi connectivity index (χ1v) is 7.59. The Balaban J connectivity index is 1.86. The number of hydrogen-bond acceptors (Lipinski definition) is 4. The average molecular weight is 221 g/mol. The van der Waals surface area contributed by atoms with E-state index in [9.17, 15) is 8.42 Å². The third-order valence-corrected chi connectivity index (χ3v) is 6.35. The second kappa shape index (κ2) is 3.14. The molecule has 0 atom stereocenters. The zero-order valence-electron chi connectivity index (χ0n) is 7.75. The van der Waals surface area contributed by atoms with Crippen molar-refractivity contribution in [2.24, 2.45) is 0 Å². The molecule has 0 unspecified atom stereocenters. The van der Waals surface area contributed by atoms with E-state index in [1.165, 1.54) is 6.26 Å². The third-order valence-electron chi connectivity index (χ3n) is 2.95. The second-order valence-electron chi connectivity index (χ2n) is 4.07. The predicted molar refractivity (Wildman–Crippen MR) is 55.9 cm³/mol. The Morgan fingerprint density at radius 1 is 1.46 bits per heavy atom. The molecule has 5 heteroatoms. The van der Waals surface area contributed by atoms with Crippen molar-refractivity contribution < 1.29 is 8.42 Å². The number of thioether (sulfide) groups is 1. The first-order valence-electron chi connectivity index (χ1n) is 4.54. The van der Waals surface area contributed by atoms with Crippen molar-refractivity contribution in [3.63, 3.8) is 0 Å². The third kappa shape index (κ3) is 1.87. The van der Waals surface area contributed by atoms with E-state index in [1.54, 1.807) is 0 Å². The van der Waals surface area contributed by atoms with Gasteiger partial charge in [0.15, 0.2) is 9.84 Å². The lowest BCUT2D eigenvalue weighted by Gasteiger charge is -2.28. The number of hydrogen-bond donors (Lipinski definition) is 1. The van der Waals surface area contributed by atoms with Gasteiger partial charge in [0.25, 0.3) is 0 Å². The van der Waals surface area contributed by atoms with E-state index in [2.05, 4.69) is 5.32 Å². The zero-order valence-corrected chi connectivity index (χ0v) is 9.38. The van der Waals surface area contributed by atoms with E-state index >= 15 is 0 Å². The van der Waals surface area contributed by atoms with E-state index < -0.39 is 14.6 Å². The zero-order chi connectivity index (χ0) is 9.53. The van der Waals surface area contributed by atoms with Crippen molar-refractivity contribution in [2.45, 2.75) is 23.6 Å². The molecule has 0 spiro atoms. The molecule has 1 aliphatic heterocycles. The van der Waals surface area contributed by atoms with Crippen LogP contribution in [0.1, 0.15) is 12.8 Å². The van der Waals surface area contributed by atoms with Crippen LogP contribution in [-0.2, 0) is 9.84 Å². The molecule has 1 N–H and O–H groups in total. The van der Waals surface area contributed by atoms with Gasteiger partial charge in [0.05, 0.1) is 4.75 Å². The van der Waals surface area contributed by atoms with Crippen LogP contribution in [0.25, 0.3) is 0 Å². The lowest BCUT2D eigenvalue weighted by atomic mass is 10.3. The Morgan fingerprint density at radius 3 is 2.38 bits per heavy atom. The number of rotatable bonds is 4. The van der Waals surface area contributed by atoms with Gasteiger partial charge in [0, 0.05) is 30.3 Å². The standard InChI is InChI=1S/C8H15NO2S2/c1-13(10,11)8(2-3-8)6-9-7-4-12-5-7/h7,9H,2-6H2,1H3. The maximum absolute atomic E-state index is 11.4. The normalized spacial score (nSPS) is 26.8. The molecule has 1 saturated heterocycles. The molecule has 76 valence electrons. The van der Waals surface area contributed by atoms with Crippen LogP contribution in [0.5, 0.6) is 0 Å². The summed E-state index contributed by atoms with van der Waals surface area (Å²) in [4.78, 5) is 0. The summed E-state index contributed by atoms with van der Waals surface area (Å²) in [5.74, 6) is 2.28. The Bertz CT molecular complexity index is 291. The summed E-state index contributed by atoms with van der Waals surface area (Å²) in [7, 11) is -2.84. The summed E-state index contributed by atoms with van der Waals surface area (Å²) in [6, 6.07) is 0.559. The highest BCUT2D eigenvalue weighted by Crippen LogP contribution is 2.42. The molecule has 1 heterocycles. The van der Waals surface area contributed by atoms with Crippen LogP contribution in [0.4, 0.5) is 0 Å². The van der Waals surface area contributed by atoms with Crippen LogP contribution < -0.4 is 5.32 Å². The molecule has 0 aromatic heterocycles. The highest BCUT2D eigenvalue weighted by molar-refractivity contribution is 8.00. The minimum Gasteiger partial charge on any atom is -0.311 e. The molecule has 13 heavy (non-hydrogen) atoms. The summed E-state index contributed by atoms with van der Waals surface area (Å²) < 4.78 is 22.4. The molecule has 0 amide bonds. The Morgan fingerprint density at radius 2 is 2.08 bits per heavy atom. The van der Waals surface area contributed by atoms with Crippen LogP contribution in [-0.4, -0.2) is 43.5 Å². The topological polar surface area (TPSA) is 46.2 Å². The maximum atomic E-state index is 11.4. The van der Waals surface area contributed by atoms with Gasteiger partial charge in [0.2, 0.25) is 0 Å². The van der Waals surface area contributed by atoms with E-state index in [1.807, 2.05) is 11.8 Å². The number of sulfone groups is 1. The largest absolute Gasteiger partial charge is 0.311 e. The van der Waals surface area contributed by atoms with Crippen molar-refractivity contribution in [2.75, 3.05) is 24.3 Å². The first-order chi connectivity index (χ1) is 6.04. The highest BCUT2D eigenvalue weighted by Gasteiger charge is 2.51. The fourth-order valence-electron chi connectivity index (χ4n) is 1.50. The van der Waals surface area contributed by atoms with E-state index in [0.717, 1.165) is 24.3 Å². The highest BCUT2D eigenvalue weighted by atomic mass is 32.2. The van der Waals surface area contributed by atoms with Gasteiger partial charge in [-0.2, -0.15) is 11.8 Å². The van der Waals surface area contributed by atoms with E-state index in [-0.39, 0.29) is 0 Å². The summed E-state index contributed by atoms with van der Waals surface area (Å²) in [5.41, 5.74) is 0. The predicted octanol–water partition coefficient (Wildman–Crippen LogP) is 0.269. The lowest BCUT2D eigenvalue weighted by Crippen LogP contribution is -2.46. The van der Waals surface area contributed by atoms with Crippen molar-refractivity contribution in [1.82, 2.24) is 5.32 Å². The van der Waals surface area contributed by atoms with Gasteiger partial charge >= 0.3 is 0 Å². The number of nitrogens with one attached hydrogen (secondary N) is 1. The lowest BCUT2D eigenvalue weighted by molar-refractivity contribution is 0.537. The molecule has 0 aromatic rings. The Hall–Kier alpha value is 0.260. The summed E-state index contributed by atoms with van der Waals surface area (Å²) in [6.45, 7) is 0.664. The second-order valence-corrected chi connectivity index (χ2v) is 7.56. The van der Waals surface area contributed by atoms with Crippen LogP contribution >= 0.6 is 11.8 Å². The molecule has 0 aromatic carbocycles. The molecule has 0 bridgehead atoms. The van der Waals surface area contributed by atoms with Crippen LogP contribution in [0.3, 0.4) is 0 Å². The average Bonchev–Trinajstić information content (AvgIpc) is 2.62. The molecule has 3 nitrogen and oxygen atoms in total. The van der Waals surface area contributed by atoms with Gasteiger partial charge in [-0.25, -0.2) is 8.42 Å². The molecule has 1 saturated carbocycles. The Labute approximate surface area is 83.6 Å². The minimum atomic E-state index is -2.84. The van der Waals surface area contributed by atoms with Crippen LogP contribution in [0, 0.1) is 0 Å². The van der Waals surface area contributed by atoms with Crippen molar-refractivity contribution in [3.05, 3.63) is 0 Å². The molecule has 2 aliphatic rings. The van der Waals surface area contributed by atoms with Gasteiger partial charge in [-0.15, -0.1) is 0 Å².